The van der Waals surface area contributed by atoms with Crippen molar-refractivity contribution < 1.29 is 0 Å². The number of rotatable bonds is 5. The maximum absolute atomic E-state index is 4.12. The van der Waals surface area contributed by atoms with Crippen LogP contribution in [0.3, 0.4) is 0 Å². The van der Waals surface area contributed by atoms with Gasteiger partial charge in [-0.05, 0) is 31.4 Å². The van der Waals surface area contributed by atoms with Crippen molar-refractivity contribution in [2.45, 2.75) is 19.4 Å². The summed E-state index contributed by atoms with van der Waals surface area (Å²) in [4.78, 5) is 0. The monoisotopic (exact) mass is 247 g/mol. The molecule has 0 saturated carbocycles. The lowest BCUT2D eigenvalue weighted by molar-refractivity contribution is 0.772. The molecule has 0 aliphatic heterocycles. The van der Waals surface area contributed by atoms with E-state index in [0.29, 0.717) is 6.04 Å². The Morgan fingerprint density at radius 1 is 1.35 bits per heavy atom. The summed E-state index contributed by atoms with van der Waals surface area (Å²) in [5.41, 5.74) is 2.01. The summed E-state index contributed by atoms with van der Waals surface area (Å²) in [6, 6.07) is 8.53. The molecule has 0 amide bonds. The fourth-order valence-electron chi connectivity index (χ4n) is 1.75. The SMILES string of the molecule is CSCCC(C)Nc1cnnc2ccccc12. The van der Waals surface area contributed by atoms with E-state index in [1.54, 1.807) is 6.20 Å². The Labute approximate surface area is 106 Å². The predicted octanol–water partition coefficient (Wildman–Crippen LogP) is 3.18. The highest BCUT2D eigenvalue weighted by molar-refractivity contribution is 7.98. The van der Waals surface area contributed by atoms with E-state index in [1.165, 1.54) is 5.75 Å². The van der Waals surface area contributed by atoms with Gasteiger partial charge in [0.05, 0.1) is 17.4 Å². The van der Waals surface area contributed by atoms with E-state index in [0.717, 1.165) is 23.0 Å². The second-order valence-electron chi connectivity index (χ2n) is 4.10. The number of hydrogen-bond acceptors (Lipinski definition) is 4. The average molecular weight is 247 g/mol. The quantitative estimate of drug-likeness (QED) is 0.880. The molecular weight excluding hydrogens is 230 g/mol. The number of nitrogens with one attached hydrogen (secondary N) is 1. The number of nitrogens with zero attached hydrogens (tertiary/aromatic N) is 2. The molecule has 1 aromatic carbocycles. The topological polar surface area (TPSA) is 37.8 Å². The molecule has 90 valence electrons. The maximum Gasteiger partial charge on any atom is 0.0950 e. The van der Waals surface area contributed by atoms with Crippen LogP contribution in [0.4, 0.5) is 5.69 Å². The Morgan fingerprint density at radius 3 is 3.00 bits per heavy atom. The van der Waals surface area contributed by atoms with E-state index in [9.17, 15) is 0 Å². The molecule has 17 heavy (non-hydrogen) atoms. The summed E-state index contributed by atoms with van der Waals surface area (Å²) in [5, 5.41) is 12.8. The number of benzene rings is 1. The number of anilines is 1. The molecule has 0 bridgehead atoms. The van der Waals surface area contributed by atoms with Gasteiger partial charge in [0, 0.05) is 11.4 Å². The van der Waals surface area contributed by atoms with Crippen LogP contribution < -0.4 is 5.32 Å². The molecule has 3 nitrogen and oxygen atoms in total. The van der Waals surface area contributed by atoms with Crippen molar-refractivity contribution in [1.82, 2.24) is 10.2 Å². The van der Waals surface area contributed by atoms with Gasteiger partial charge < -0.3 is 5.32 Å². The molecular formula is C13H17N3S. The van der Waals surface area contributed by atoms with Crippen LogP contribution in [0.5, 0.6) is 0 Å². The lowest BCUT2D eigenvalue weighted by Gasteiger charge is -2.15. The van der Waals surface area contributed by atoms with Crippen LogP contribution >= 0.6 is 11.8 Å². The molecule has 2 rings (SSSR count). The van der Waals surface area contributed by atoms with Crippen molar-refractivity contribution >= 4 is 28.4 Å². The van der Waals surface area contributed by atoms with Crippen molar-refractivity contribution in [3.8, 4) is 0 Å². The van der Waals surface area contributed by atoms with Crippen molar-refractivity contribution in [2.75, 3.05) is 17.3 Å². The molecule has 0 aliphatic rings. The second kappa shape index (κ2) is 5.87. The predicted molar refractivity (Wildman–Crippen MR) is 75.6 cm³/mol. The van der Waals surface area contributed by atoms with Gasteiger partial charge in [0.15, 0.2) is 0 Å². The van der Waals surface area contributed by atoms with Crippen LogP contribution in [0.2, 0.25) is 0 Å². The molecule has 0 radical (unpaired) electrons. The van der Waals surface area contributed by atoms with E-state index < -0.39 is 0 Å². The van der Waals surface area contributed by atoms with Gasteiger partial charge in [0.25, 0.3) is 0 Å². The zero-order valence-corrected chi connectivity index (χ0v) is 11.0. The average Bonchev–Trinajstić information content (AvgIpc) is 2.37. The Kier molecular flexibility index (Phi) is 4.20. The van der Waals surface area contributed by atoms with Crippen LogP contribution in [-0.4, -0.2) is 28.2 Å². The van der Waals surface area contributed by atoms with Crippen LogP contribution in [0.25, 0.3) is 10.9 Å². The van der Waals surface area contributed by atoms with E-state index >= 15 is 0 Å². The molecule has 0 saturated heterocycles. The lowest BCUT2D eigenvalue weighted by Crippen LogP contribution is -2.16. The largest absolute Gasteiger partial charge is 0.381 e. The molecule has 1 aromatic heterocycles. The molecule has 1 unspecified atom stereocenters. The molecule has 4 heteroatoms. The number of thioether (sulfide) groups is 1. The smallest absolute Gasteiger partial charge is 0.0950 e. The number of aromatic nitrogens is 2. The molecule has 1 heterocycles. The molecule has 1 N–H and O–H groups in total. The zero-order chi connectivity index (χ0) is 12.1. The molecule has 0 fully saturated rings. The van der Waals surface area contributed by atoms with Crippen molar-refractivity contribution in [2.24, 2.45) is 0 Å². The Hall–Kier alpha value is -1.29. The summed E-state index contributed by atoms with van der Waals surface area (Å²) >= 11 is 1.88. The van der Waals surface area contributed by atoms with Crippen LogP contribution in [0, 0.1) is 0 Å². The normalized spacial score (nSPS) is 12.6. The molecule has 1 atom stereocenters. The Bertz CT molecular complexity index is 482. The van der Waals surface area contributed by atoms with E-state index in [4.69, 9.17) is 0 Å². The summed E-state index contributed by atoms with van der Waals surface area (Å²) in [6.45, 7) is 2.20. The van der Waals surface area contributed by atoms with Gasteiger partial charge >= 0.3 is 0 Å². The first-order valence-corrected chi connectivity index (χ1v) is 7.16. The molecule has 0 spiro atoms. The van der Waals surface area contributed by atoms with Gasteiger partial charge in [-0.15, -0.1) is 0 Å². The van der Waals surface area contributed by atoms with Gasteiger partial charge in [-0.2, -0.15) is 22.0 Å². The van der Waals surface area contributed by atoms with Crippen LogP contribution in [0.1, 0.15) is 13.3 Å². The van der Waals surface area contributed by atoms with Gasteiger partial charge in [-0.1, -0.05) is 18.2 Å². The Morgan fingerprint density at radius 2 is 2.18 bits per heavy atom. The minimum atomic E-state index is 0.454. The van der Waals surface area contributed by atoms with Gasteiger partial charge in [-0.3, -0.25) is 0 Å². The summed E-state index contributed by atoms with van der Waals surface area (Å²) in [5.74, 6) is 1.17. The highest BCUT2D eigenvalue weighted by Gasteiger charge is 2.05. The van der Waals surface area contributed by atoms with Crippen molar-refractivity contribution in [3.05, 3.63) is 30.5 Å². The first-order valence-electron chi connectivity index (χ1n) is 5.77. The van der Waals surface area contributed by atoms with Crippen molar-refractivity contribution in [3.63, 3.8) is 0 Å². The summed E-state index contributed by atoms with van der Waals surface area (Å²) < 4.78 is 0. The van der Waals surface area contributed by atoms with Crippen molar-refractivity contribution in [1.29, 1.82) is 0 Å². The van der Waals surface area contributed by atoms with Crippen LogP contribution in [-0.2, 0) is 0 Å². The fraction of sp³-hybridized carbons (Fsp3) is 0.385. The Balaban J connectivity index is 2.18. The van der Waals surface area contributed by atoms with Gasteiger partial charge in [0.2, 0.25) is 0 Å². The highest BCUT2D eigenvalue weighted by Crippen LogP contribution is 2.21. The third kappa shape index (κ3) is 3.09. The lowest BCUT2D eigenvalue weighted by atomic mass is 10.2. The minimum absolute atomic E-state index is 0.454. The second-order valence-corrected chi connectivity index (χ2v) is 5.09. The first-order chi connectivity index (χ1) is 8.31. The molecule has 0 aliphatic carbocycles. The highest BCUT2D eigenvalue weighted by atomic mass is 32.2. The number of fused-ring (bicyclic) bond motifs is 1. The van der Waals surface area contributed by atoms with Gasteiger partial charge in [0.1, 0.15) is 0 Å². The number of hydrogen-bond donors (Lipinski definition) is 1. The van der Waals surface area contributed by atoms with Gasteiger partial charge in [-0.25, -0.2) is 0 Å². The van der Waals surface area contributed by atoms with E-state index in [-0.39, 0.29) is 0 Å². The third-order valence-corrected chi connectivity index (χ3v) is 3.35. The fourth-order valence-corrected chi connectivity index (χ4v) is 2.34. The minimum Gasteiger partial charge on any atom is -0.381 e. The van der Waals surface area contributed by atoms with Crippen LogP contribution in [0.15, 0.2) is 30.5 Å². The zero-order valence-electron chi connectivity index (χ0n) is 10.2. The first kappa shape index (κ1) is 12.2. The summed E-state index contributed by atoms with van der Waals surface area (Å²) in [6.07, 6.45) is 5.09. The maximum atomic E-state index is 4.12. The third-order valence-electron chi connectivity index (χ3n) is 2.70. The summed E-state index contributed by atoms with van der Waals surface area (Å²) in [7, 11) is 0. The standard InChI is InChI=1S/C13H17N3S/c1-10(7-8-17-2)15-13-9-14-16-12-6-4-3-5-11(12)13/h3-6,9-10H,7-8H2,1-2H3,(H,15,16). The molecule has 2 aromatic rings. The van der Waals surface area contributed by atoms with E-state index in [1.807, 2.05) is 30.0 Å². The van der Waals surface area contributed by atoms with E-state index in [2.05, 4.69) is 34.8 Å².